The largest absolute Gasteiger partial charge is 0.371 e. The zero-order valence-electron chi connectivity index (χ0n) is 14.7. The molecule has 0 bridgehead atoms. The van der Waals surface area contributed by atoms with E-state index in [0.29, 0.717) is 12.5 Å². The Morgan fingerprint density at radius 1 is 1.17 bits per heavy atom. The number of carbonyl (C=O) groups is 1. The van der Waals surface area contributed by atoms with Gasteiger partial charge < -0.3 is 15.0 Å². The van der Waals surface area contributed by atoms with Crippen LogP contribution in [0.4, 0.5) is 0 Å². The minimum Gasteiger partial charge on any atom is -0.371 e. The van der Waals surface area contributed by atoms with Crippen LogP contribution in [0.5, 0.6) is 0 Å². The maximum atomic E-state index is 11.9. The third-order valence-corrected chi connectivity index (χ3v) is 4.87. The van der Waals surface area contributed by atoms with Gasteiger partial charge in [-0.3, -0.25) is 9.69 Å². The van der Waals surface area contributed by atoms with Gasteiger partial charge in [0, 0.05) is 39.3 Å². The molecule has 1 aromatic rings. The number of ether oxygens (including phenoxy) is 1. The van der Waals surface area contributed by atoms with Crippen molar-refractivity contribution in [3.05, 3.63) is 35.4 Å². The molecule has 0 radical (unpaired) electrons. The summed E-state index contributed by atoms with van der Waals surface area (Å²) in [5.41, 5.74) is 2.51. The highest BCUT2D eigenvalue weighted by molar-refractivity contribution is 5.77. The molecular formula is C19H29N3O2. The van der Waals surface area contributed by atoms with Gasteiger partial charge in [0.25, 0.3) is 0 Å². The number of hydrogen-bond acceptors (Lipinski definition) is 4. The lowest BCUT2D eigenvalue weighted by molar-refractivity contribution is -0.126. The van der Waals surface area contributed by atoms with Crippen LogP contribution < -0.4 is 5.32 Å². The van der Waals surface area contributed by atoms with Gasteiger partial charge in [0.05, 0.1) is 6.61 Å². The SMILES string of the molecule is CN1CCN(Cc2ccccc2CNC(=O)COCC2CC2)CC1. The van der Waals surface area contributed by atoms with Crippen LogP contribution >= 0.6 is 0 Å². The molecule has 0 unspecified atom stereocenters. The fraction of sp³-hybridized carbons (Fsp3) is 0.632. The van der Waals surface area contributed by atoms with E-state index >= 15 is 0 Å². The van der Waals surface area contributed by atoms with Gasteiger partial charge in [0.2, 0.25) is 5.91 Å². The number of rotatable bonds is 8. The third-order valence-electron chi connectivity index (χ3n) is 4.87. The van der Waals surface area contributed by atoms with E-state index in [0.717, 1.165) is 39.3 Å². The molecule has 0 spiro atoms. The molecule has 132 valence electrons. The molecule has 1 amide bonds. The molecule has 1 aliphatic carbocycles. The molecule has 2 aliphatic rings. The molecule has 1 N–H and O–H groups in total. The van der Waals surface area contributed by atoms with E-state index in [1.807, 2.05) is 6.07 Å². The molecule has 5 nitrogen and oxygen atoms in total. The molecule has 2 fully saturated rings. The first-order valence-electron chi connectivity index (χ1n) is 9.03. The summed E-state index contributed by atoms with van der Waals surface area (Å²) in [6.07, 6.45) is 2.50. The van der Waals surface area contributed by atoms with E-state index < -0.39 is 0 Å². The van der Waals surface area contributed by atoms with Gasteiger partial charge in [0.15, 0.2) is 0 Å². The average molecular weight is 331 g/mol. The van der Waals surface area contributed by atoms with E-state index in [-0.39, 0.29) is 12.5 Å². The maximum absolute atomic E-state index is 11.9. The van der Waals surface area contributed by atoms with Crippen molar-refractivity contribution in [2.24, 2.45) is 5.92 Å². The van der Waals surface area contributed by atoms with Crippen molar-refractivity contribution < 1.29 is 9.53 Å². The molecule has 0 atom stereocenters. The number of nitrogens with one attached hydrogen (secondary N) is 1. The molecular weight excluding hydrogens is 302 g/mol. The summed E-state index contributed by atoms with van der Waals surface area (Å²) in [5, 5.41) is 2.99. The highest BCUT2D eigenvalue weighted by Gasteiger charge is 2.21. The van der Waals surface area contributed by atoms with Crippen molar-refractivity contribution in [2.45, 2.75) is 25.9 Å². The third kappa shape index (κ3) is 5.58. The lowest BCUT2D eigenvalue weighted by Gasteiger charge is -2.32. The van der Waals surface area contributed by atoms with Gasteiger partial charge in [-0.1, -0.05) is 24.3 Å². The lowest BCUT2D eigenvalue weighted by atomic mass is 10.1. The molecule has 1 saturated carbocycles. The Morgan fingerprint density at radius 3 is 2.58 bits per heavy atom. The summed E-state index contributed by atoms with van der Waals surface area (Å²) in [6.45, 7) is 6.89. The van der Waals surface area contributed by atoms with E-state index in [9.17, 15) is 4.79 Å². The molecule has 1 heterocycles. The Morgan fingerprint density at radius 2 is 1.88 bits per heavy atom. The number of likely N-dealkylation sites (N-methyl/N-ethyl adjacent to an activating group) is 1. The number of hydrogen-bond donors (Lipinski definition) is 1. The van der Waals surface area contributed by atoms with Crippen molar-refractivity contribution in [3.8, 4) is 0 Å². The van der Waals surface area contributed by atoms with Crippen LogP contribution in [-0.2, 0) is 22.6 Å². The molecule has 5 heteroatoms. The summed E-state index contributed by atoms with van der Waals surface area (Å²) >= 11 is 0. The van der Waals surface area contributed by atoms with Crippen LogP contribution in [0.3, 0.4) is 0 Å². The first kappa shape index (κ1) is 17.4. The first-order chi connectivity index (χ1) is 11.7. The lowest BCUT2D eigenvalue weighted by Crippen LogP contribution is -2.44. The number of piperazine rings is 1. The Balaban J connectivity index is 1.45. The number of amides is 1. The minimum absolute atomic E-state index is 0.0231. The zero-order chi connectivity index (χ0) is 16.8. The quantitative estimate of drug-likeness (QED) is 0.784. The zero-order valence-corrected chi connectivity index (χ0v) is 14.7. The normalized spacial score (nSPS) is 19.4. The number of benzene rings is 1. The smallest absolute Gasteiger partial charge is 0.246 e. The van der Waals surface area contributed by atoms with Gasteiger partial charge in [0.1, 0.15) is 6.61 Å². The van der Waals surface area contributed by atoms with Gasteiger partial charge >= 0.3 is 0 Å². The Kier molecular flexibility index (Phi) is 6.24. The van der Waals surface area contributed by atoms with Gasteiger partial charge in [-0.25, -0.2) is 0 Å². The van der Waals surface area contributed by atoms with Crippen LogP contribution in [-0.4, -0.2) is 62.1 Å². The fourth-order valence-electron chi connectivity index (χ4n) is 2.98. The second-order valence-corrected chi connectivity index (χ2v) is 7.08. The molecule has 0 aromatic heterocycles. The van der Waals surface area contributed by atoms with E-state index in [1.165, 1.54) is 24.0 Å². The summed E-state index contributed by atoms with van der Waals surface area (Å²) in [6, 6.07) is 8.40. The molecule has 1 aliphatic heterocycles. The van der Waals surface area contributed by atoms with E-state index in [4.69, 9.17) is 4.74 Å². The molecule has 1 saturated heterocycles. The predicted molar refractivity (Wildman–Crippen MR) is 94.6 cm³/mol. The van der Waals surface area contributed by atoms with Gasteiger partial charge in [-0.15, -0.1) is 0 Å². The van der Waals surface area contributed by atoms with Crippen LogP contribution in [0.15, 0.2) is 24.3 Å². The predicted octanol–water partition coefficient (Wildman–Crippen LogP) is 1.48. The minimum atomic E-state index is -0.0231. The second-order valence-electron chi connectivity index (χ2n) is 7.08. The summed E-state index contributed by atoms with van der Waals surface area (Å²) in [4.78, 5) is 16.8. The Bertz CT molecular complexity index is 537. The van der Waals surface area contributed by atoms with Crippen molar-refractivity contribution in [1.82, 2.24) is 15.1 Å². The highest BCUT2D eigenvalue weighted by atomic mass is 16.5. The van der Waals surface area contributed by atoms with Gasteiger partial charge in [-0.2, -0.15) is 0 Å². The summed E-state index contributed by atoms with van der Waals surface area (Å²) in [5.74, 6) is 0.673. The van der Waals surface area contributed by atoms with Crippen molar-refractivity contribution in [1.29, 1.82) is 0 Å². The van der Waals surface area contributed by atoms with Crippen molar-refractivity contribution in [2.75, 3.05) is 46.4 Å². The topological polar surface area (TPSA) is 44.8 Å². The van der Waals surface area contributed by atoms with Crippen LogP contribution in [0.25, 0.3) is 0 Å². The number of carbonyl (C=O) groups excluding carboxylic acids is 1. The van der Waals surface area contributed by atoms with E-state index in [1.54, 1.807) is 0 Å². The van der Waals surface area contributed by atoms with Crippen molar-refractivity contribution in [3.63, 3.8) is 0 Å². The second kappa shape index (κ2) is 8.60. The summed E-state index contributed by atoms with van der Waals surface area (Å²) in [7, 11) is 2.17. The molecule has 3 rings (SSSR count). The fourth-order valence-corrected chi connectivity index (χ4v) is 2.98. The Labute approximate surface area is 145 Å². The molecule has 24 heavy (non-hydrogen) atoms. The van der Waals surface area contributed by atoms with Crippen molar-refractivity contribution >= 4 is 5.91 Å². The standard InChI is InChI=1S/C19H29N3O2/c1-21-8-10-22(11-9-21)13-18-5-3-2-4-17(18)12-20-19(23)15-24-14-16-6-7-16/h2-5,16H,6-15H2,1H3,(H,20,23). The molecule has 1 aromatic carbocycles. The van der Waals surface area contributed by atoms with Crippen LogP contribution in [0.2, 0.25) is 0 Å². The maximum Gasteiger partial charge on any atom is 0.246 e. The first-order valence-corrected chi connectivity index (χ1v) is 9.03. The average Bonchev–Trinajstić information content (AvgIpc) is 3.40. The van der Waals surface area contributed by atoms with E-state index in [2.05, 4.69) is 40.4 Å². The summed E-state index contributed by atoms with van der Waals surface area (Å²) < 4.78 is 5.44. The van der Waals surface area contributed by atoms with Crippen LogP contribution in [0, 0.1) is 5.92 Å². The number of nitrogens with zero attached hydrogens (tertiary/aromatic N) is 2. The Hall–Kier alpha value is -1.43. The highest BCUT2D eigenvalue weighted by Crippen LogP contribution is 2.28. The van der Waals surface area contributed by atoms with Crippen LogP contribution in [0.1, 0.15) is 24.0 Å². The van der Waals surface area contributed by atoms with Gasteiger partial charge in [-0.05, 0) is 36.9 Å². The monoisotopic (exact) mass is 331 g/mol.